The molecule has 0 radical (unpaired) electrons. The molecule has 0 unspecified atom stereocenters. The summed E-state index contributed by atoms with van der Waals surface area (Å²) in [5.41, 5.74) is 7.98. The highest BCUT2D eigenvalue weighted by atomic mass is 16.2. The predicted molar refractivity (Wildman–Crippen MR) is 61.4 cm³/mol. The van der Waals surface area contributed by atoms with Gasteiger partial charge in [-0.15, -0.1) is 0 Å². The summed E-state index contributed by atoms with van der Waals surface area (Å²) in [5.74, 6) is 0.372. The number of imidazole rings is 1. The average Bonchev–Trinajstić information content (AvgIpc) is 2.64. The Morgan fingerprint density at radius 3 is 3.06 bits per heavy atom. The molecule has 0 aliphatic carbocycles. The van der Waals surface area contributed by atoms with Crippen LogP contribution in [0.4, 0.5) is 5.82 Å². The van der Waals surface area contributed by atoms with Crippen molar-refractivity contribution in [2.75, 3.05) is 12.3 Å². The number of aliphatic hydroxyl groups excluding tert-OH is 1. The Bertz CT molecular complexity index is 531. The number of hydrogen-bond donors (Lipinski definition) is 2. The van der Waals surface area contributed by atoms with Crippen LogP contribution in [-0.2, 0) is 0 Å². The molecule has 3 N–H and O–H groups in total. The van der Waals surface area contributed by atoms with Crippen LogP contribution in [0.25, 0.3) is 17.4 Å². The van der Waals surface area contributed by atoms with Gasteiger partial charge in [0.1, 0.15) is 12.7 Å². The van der Waals surface area contributed by atoms with Gasteiger partial charge >= 0.3 is 0 Å². The first-order chi connectivity index (χ1) is 7.72. The molecule has 0 aliphatic rings. The molecule has 2 rings (SSSR count). The lowest BCUT2D eigenvalue weighted by atomic mass is 10.2. The van der Waals surface area contributed by atoms with Gasteiger partial charge in [0.05, 0.1) is 0 Å². The minimum Gasteiger partial charge on any atom is -0.396 e. The molecule has 0 aliphatic heterocycles. The molecule has 6 nitrogen and oxygen atoms in total. The SMILES string of the molecule is C/C(=C\n1cnc2c(N)ncnc21)CCO. The monoisotopic (exact) mass is 219 g/mol. The Morgan fingerprint density at radius 1 is 1.50 bits per heavy atom. The number of rotatable bonds is 3. The van der Waals surface area contributed by atoms with E-state index in [-0.39, 0.29) is 6.61 Å². The van der Waals surface area contributed by atoms with E-state index < -0.39 is 0 Å². The highest BCUT2D eigenvalue weighted by molar-refractivity contribution is 5.82. The zero-order valence-electron chi connectivity index (χ0n) is 8.96. The molecule has 2 heterocycles. The highest BCUT2D eigenvalue weighted by Crippen LogP contribution is 2.15. The van der Waals surface area contributed by atoms with Crippen LogP contribution < -0.4 is 5.73 Å². The second kappa shape index (κ2) is 4.28. The van der Waals surface area contributed by atoms with Crippen molar-refractivity contribution in [1.29, 1.82) is 0 Å². The van der Waals surface area contributed by atoms with Crippen molar-refractivity contribution in [2.45, 2.75) is 13.3 Å². The number of aromatic nitrogens is 4. The van der Waals surface area contributed by atoms with Gasteiger partial charge in [0.25, 0.3) is 0 Å². The van der Waals surface area contributed by atoms with E-state index in [0.29, 0.717) is 23.4 Å². The second-order valence-corrected chi connectivity index (χ2v) is 3.53. The fourth-order valence-corrected chi connectivity index (χ4v) is 1.44. The van der Waals surface area contributed by atoms with Gasteiger partial charge in [-0.05, 0) is 13.3 Å². The first kappa shape index (κ1) is 10.6. The van der Waals surface area contributed by atoms with E-state index in [0.717, 1.165) is 5.57 Å². The maximum atomic E-state index is 8.81. The molecule has 0 atom stereocenters. The molecular formula is C10H13N5O. The van der Waals surface area contributed by atoms with E-state index in [1.165, 1.54) is 6.33 Å². The van der Waals surface area contributed by atoms with Gasteiger partial charge in [0.2, 0.25) is 0 Å². The smallest absolute Gasteiger partial charge is 0.169 e. The molecule has 0 saturated heterocycles. The quantitative estimate of drug-likeness (QED) is 0.791. The van der Waals surface area contributed by atoms with E-state index in [9.17, 15) is 0 Å². The number of nitrogens with zero attached hydrogens (tertiary/aromatic N) is 4. The van der Waals surface area contributed by atoms with Gasteiger partial charge in [0, 0.05) is 12.8 Å². The summed E-state index contributed by atoms with van der Waals surface area (Å²) in [7, 11) is 0. The molecule has 2 aromatic rings. The lowest BCUT2D eigenvalue weighted by Gasteiger charge is -2.00. The van der Waals surface area contributed by atoms with Crippen molar-refractivity contribution in [1.82, 2.24) is 19.5 Å². The summed E-state index contributed by atoms with van der Waals surface area (Å²) in [6.07, 6.45) is 5.54. The Balaban J connectivity index is 2.47. The van der Waals surface area contributed by atoms with Crippen LogP contribution in [0.5, 0.6) is 0 Å². The maximum absolute atomic E-state index is 8.81. The summed E-state index contributed by atoms with van der Waals surface area (Å²) in [6, 6.07) is 0. The summed E-state index contributed by atoms with van der Waals surface area (Å²) in [5, 5.41) is 8.81. The third kappa shape index (κ3) is 1.87. The Kier molecular flexibility index (Phi) is 2.82. The number of nitrogens with two attached hydrogens (primary N) is 1. The van der Waals surface area contributed by atoms with Gasteiger partial charge in [-0.1, -0.05) is 5.57 Å². The number of nitrogen functional groups attached to an aromatic ring is 1. The fraction of sp³-hybridized carbons (Fsp3) is 0.300. The average molecular weight is 219 g/mol. The Hall–Kier alpha value is -1.95. The number of hydrogen-bond acceptors (Lipinski definition) is 5. The minimum atomic E-state index is 0.131. The van der Waals surface area contributed by atoms with Crippen molar-refractivity contribution in [2.24, 2.45) is 0 Å². The van der Waals surface area contributed by atoms with E-state index in [4.69, 9.17) is 10.8 Å². The standard InChI is InChI=1S/C10H13N5O/c1-7(2-3-16)4-15-6-14-8-9(11)12-5-13-10(8)15/h4-6,16H,2-3H2,1H3,(H2,11,12,13)/b7-4+. The van der Waals surface area contributed by atoms with Gasteiger partial charge in [-0.2, -0.15) is 0 Å². The molecule has 2 aromatic heterocycles. The Labute approximate surface area is 92.5 Å². The topological polar surface area (TPSA) is 89.9 Å². The van der Waals surface area contributed by atoms with E-state index >= 15 is 0 Å². The zero-order valence-corrected chi connectivity index (χ0v) is 8.96. The molecule has 84 valence electrons. The molecule has 0 saturated carbocycles. The normalized spacial score (nSPS) is 12.2. The van der Waals surface area contributed by atoms with Gasteiger partial charge < -0.3 is 10.8 Å². The first-order valence-electron chi connectivity index (χ1n) is 4.93. The first-order valence-corrected chi connectivity index (χ1v) is 4.93. The summed E-state index contributed by atoms with van der Waals surface area (Å²) in [4.78, 5) is 12.1. The summed E-state index contributed by atoms with van der Waals surface area (Å²) >= 11 is 0. The van der Waals surface area contributed by atoms with Crippen LogP contribution in [0.1, 0.15) is 13.3 Å². The third-order valence-electron chi connectivity index (χ3n) is 2.25. The molecular weight excluding hydrogens is 206 g/mol. The predicted octanol–water partition coefficient (Wildman–Crippen LogP) is 0.652. The highest BCUT2D eigenvalue weighted by Gasteiger charge is 2.05. The summed E-state index contributed by atoms with van der Waals surface area (Å²) < 4.78 is 1.78. The van der Waals surface area contributed by atoms with Crippen LogP contribution in [0, 0.1) is 0 Å². The van der Waals surface area contributed by atoms with Crippen LogP contribution in [-0.4, -0.2) is 31.2 Å². The van der Waals surface area contributed by atoms with Crippen molar-refractivity contribution >= 4 is 23.2 Å². The fourth-order valence-electron chi connectivity index (χ4n) is 1.44. The van der Waals surface area contributed by atoms with Crippen molar-refractivity contribution in [3.05, 3.63) is 18.2 Å². The van der Waals surface area contributed by atoms with E-state index in [1.54, 1.807) is 10.9 Å². The summed E-state index contributed by atoms with van der Waals surface area (Å²) in [6.45, 7) is 2.07. The Morgan fingerprint density at radius 2 is 2.31 bits per heavy atom. The van der Waals surface area contributed by atoms with Crippen LogP contribution in [0.15, 0.2) is 18.2 Å². The van der Waals surface area contributed by atoms with Crippen LogP contribution in [0.3, 0.4) is 0 Å². The van der Waals surface area contributed by atoms with Crippen molar-refractivity contribution in [3.63, 3.8) is 0 Å². The number of fused-ring (bicyclic) bond motifs is 1. The maximum Gasteiger partial charge on any atom is 0.169 e. The molecule has 0 bridgehead atoms. The lowest BCUT2D eigenvalue weighted by molar-refractivity contribution is 0.299. The van der Waals surface area contributed by atoms with Gasteiger partial charge in [-0.25, -0.2) is 15.0 Å². The second-order valence-electron chi connectivity index (χ2n) is 3.53. The zero-order chi connectivity index (χ0) is 11.5. The molecule has 0 spiro atoms. The molecule has 0 aromatic carbocycles. The van der Waals surface area contributed by atoms with Gasteiger partial charge in [-0.3, -0.25) is 4.57 Å². The lowest BCUT2D eigenvalue weighted by Crippen LogP contribution is -1.95. The van der Waals surface area contributed by atoms with Crippen molar-refractivity contribution < 1.29 is 5.11 Å². The van der Waals surface area contributed by atoms with Crippen LogP contribution >= 0.6 is 0 Å². The number of aliphatic hydroxyl groups is 1. The van der Waals surface area contributed by atoms with Crippen molar-refractivity contribution in [3.8, 4) is 0 Å². The molecule has 0 amide bonds. The molecule has 16 heavy (non-hydrogen) atoms. The van der Waals surface area contributed by atoms with E-state index in [1.807, 2.05) is 13.1 Å². The van der Waals surface area contributed by atoms with E-state index in [2.05, 4.69) is 15.0 Å². The number of anilines is 1. The third-order valence-corrected chi connectivity index (χ3v) is 2.25. The van der Waals surface area contributed by atoms with Gasteiger partial charge in [0.15, 0.2) is 17.0 Å². The largest absolute Gasteiger partial charge is 0.396 e. The van der Waals surface area contributed by atoms with Crippen LogP contribution in [0.2, 0.25) is 0 Å². The molecule has 0 fully saturated rings. The minimum absolute atomic E-state index is 0.131. The molecule has 6 heteroatoms.